The van der Waals surface area contributed by atoms with Crippen molar-refractivity contribution in [2.75, 3.05) is 145 Å². The third-order valence-corrected chi connectivity index (χ3v) is 33.2. The van der Waals surface area contributed by atoms with Crippen molar-refractivity contribution in [3.8, 4) is 0 Å². The van der Waals surface area contributed by atoms with Crippen LogP contribution in [0.15, 0.2) is 172 Å². The highest BCUT2D eigenvalue weighted by atomic mass is 35.5. The Morgan fingerprint density at radius 1 is 0.354 bits per heavy atom. The topological polar surface area (TPSA) is 379 Å². The van der Waals surface area contributed by atoms with Gasteiger partial charge in [-0.15, -0.1) is 51.0 Å². The van der Waals surface area contributed by atoms with Gasteiger partial charge in [0.25, 0.3) is 0 Å². The second-order valence-electron chi connectivity index (χ2n) is 42.8. The summed E-state index contributed by atoms with van der Waals surface area (Å²) in [6.45, 7) is 30.1. The Bertz CT molecular complexity index is 5400. The molecule has 0 radical (unpaired) electrons. The highest BCUT2D eigenvalue weighted by Crippen LogP contribution is 2.37. The molecule has 0 bridgehead atoms. The first-order valence-electron chi connectivity index (χ1n) is 53.5. The van der Waals surface area contributed by atoms with Gasteiger partial charge in [-0.05, 0) is 239 Å². The van der Waals surface area contributed by atoms with Crippen LogP contribution < -0.4 is 28.7 Å². The number of halogens is 5. The number of aliphatic hydroxyl groups is 1. The Balaban J connectivity index is 0.000000131. The number of methoxy groups -OCH3 is 1. The molecule has 0 amide bonds. The van der Waals surface area contributed by atoms with Gasteiger partial charge < -0.3 is 86.7 Å². The van der Waals surface area contributed by atoms with Gasteiger partial charge >= 0.3 is 0 Å². The Morgan fingerprint density at radius 3 is 0.925 bits per heavy atom. The van der Waals surface area contributed by atoms with Crippen LogP contribution in [0.1, 0.15) is 191 Å². The van der Waals surface area contributed by atoms with Crippen LogP contribution in [0.5, 0.6) is 0 Å². The minimum absolute atomic E-state index is 0.0457. The lowest BCUT2D eigenvalue weighted by atomic mass is 9.91. The number of nitrogens with zero attached hydrogens (tertiary/aromatic N) is 20. The van der Waals surface area contributed by atoms with E-state index >= 15 is 0 Å². The monoisotopic (exact) mass is 2120 g/mol. The average molecular weight is 2120 g/mol. The lowest BCUT2D eigenvalue weighted by Gasteiger charge is -2.49. The maximum Gasteiger partial charge on any atom is 0.162 e. The van der Waals surface area contributed by atoms with E-state index in [4.69, 9.17) is 115 Å². The van der Waals surface area contributed by atoms with Crippen molar-refractivity contribution in [3.63, 3.8) is 0 Å². The summed E-state index contributed by atoms with van der Waals surface area (Å²) in [5.41, 5.74) is 34.2. The van der Waals surface area contributed by atoms with E-state index in [2.05, 4.69) is 175 Å². The number of piperidine rings is 6. The fourth-order valence-electron chi connectivity index (χ4n) is 23.3. The van der Waals surface area contributed by atoms with Crippen molar-refractivity contribution >= 4 is 122 Å². The lowest BCUT2D eigenvalue weighted by molar-refractivity contribution is -0.166. The number of hydrogen-bond acceptors (Lipinski definition) is 33. The zero-order valence-electron chi connectivity index (χ0n) is 87.0. The summed E-state index contributed by atoms with van der Waals surface area (Å²) in [5, 5.41) is 55.6. The summed E-state index contributed by atoms with van der Waals surface area (Å²) < 4.78 is 36.0. The van der Waals surface area contributed by atoms with E-state index in [1.54, 1.807) is 7.11 Å². The molecule has 5 aromatic carbocycles. The molecule has 11 N–H and O–H groups in total. The average Bonchev–Trinajstić information content (AvgIpc) is 1.23. The minimum Gasteiger partial charge on any atom is -0.388 e. The molecule has 0 saturated carbocycles. The van der Waals surface area contributed by atoms with Crippen LogP contribution in [-0.4, -0.2) is 359 Å². The number of hydrogen-bond donors (Lipinski definition) is 6. The predicted molar refractivity (Wildman–Crippen MR) is 592 cm³/mol. The van der Waals surface area contributed by atoms with Gasteiger partial charge in [0.05, 0.1) is 94.7 Å². The van der Waals surface area contributed by atoms with Crippen molar-refractivity contribution in [3.05, 3.63) is 174 Å². The van der Waals surface area contributed by atoms with Gasteiger partial charge in [-0.25, -0.2) is 0 Å². The lowest BCUT2D eigenvalue weighted by Crippen LogP contribution is -2.61. The van der Waals surface area contributed by atoms with Gasteiger partial charge in [0.1, 0.15) is 64.5 Å². The number of carbonyl (C=O) groups excluding carboxylic acids is 1. The van der Waals surface area contributed by atoms with E-state index in [1.807, 2.05) is 88.4 Å². The molecule has 800 valence electrons. The molecule has 38 heteroatoms. The fourth-order valence-corrected chi connectivity index (χ4v) is 23.9. The van der Waals surface area contributed by atoms with Crippen molar-refractivity contribution in [2.45, 2.75) is 292 Å². The smallest absolute Gasteiger partial charge is 0.162 e. The number of Topliss-reactive ketones (excluding diaryl/α,β-unsaturated/α-hetero) is 1. The van der Waals surface area contributed by atoms with Crippen LogP contribution in [0.25, 0.3) is 0 Å². The zero-order chi connectivity index (χ0) is 103. The first kappa shape index (κ1) is 111. The second kappa shape index (κ2) is 53.1. The molecule has 0 unspecified atom stereocenters. The molecule has 0 spiro atoms. The van der Waals surface area contributed by atoms with E-state index in [0.717, 1.165) is 236 Å². The standard InChI is InChI=1S/C23H34ClN5O2.2C22H32ClN5O2.C22H30ClN5O2.C20H28ClN5/c1-23(2,30-3)20-14-29(19(15-31-20)12-16-4-6-17(24)7-5-16)18-8-10-28(11-9-18)22-13-21(25)26-27-22;1-22(2,29)19-13-28(18(14-30-19)11-15-3-5-16(23)6-4-15)17-7-9-27(10-8-17)21-12-20(24)25-26-21;1-2-29-15-20-13-28(19(14-30-20)11-16-3-5-17(23)6-4-16)18-7-9-27(10-8-18)22-12-21(24)25-26-22;1-2-19(29)20-13-28(18(14-30-20)11-15-3-5-16(23)6-4-15)17-7-9-27(10-8-17)22-12-21(24)25-26-22;21-16-6-4-15(5-7-16)13-18-3-1-2-10-26(18)17-8-11-25(12-9-17)20-14-19(22)23-24-20/h4-7,18-20H,8-15H2,1-3H3,(H2,25,26);3-6,17-19,29H,7-14H2,1-2H3,(H2,24,25);3-6,18-20H,2,7-15H2,1H3,(H2,24,25);3-6,17-18,20H,2,7-14H2,1H3,(H2,24,25);4-7,17-18H,1-3,8-14H2,(H2,22,23)/t19-,20+;18-,19+;19-,20+;18-,20+;18-/m00001/s1. The summed E-state index contributed by atoms with van der Waals surface area (Å²) in [5.74, 6) is 8.27. The number of ether oxygens (including phenoxy) is 6. The van der Waals surface area contributed by atoms with Gasteiger partial charge in [-0.3, -0.25) is 29.3 Å². The summed E-state index contributed by atoms with van der Waals surface area (Å²) in [6, 6.07) is 45.3. The van der Waals surface area contributed by atoms with Crippen LogP contribution >= 0.6 is 58.0 Å². The molecular weight excluding hydrogens is 1960 g/mol. The second-order valence-corrected chi connectivity index (χ2v) is 45.0. The van der Waals surface area contributed by atoms with Crippen LogP contribution in [0.3, 0.4) is 0 Å². The number of ketones is 1. The van der Waals surface area contributed by atoms with Gasteiger partial charge in [-0.1, -0.05) is 132 Å². The van der Waals surface area contributed by atoms with E-state index in [-0.39, 0.29) is 47.9 Å². The molecule has 5 aromatic rings. The van der Waals surface area contributed by atoms with Crippen LogP contribution in [0.2, 0.25) is 25.1 Å². The zero-order valence-corrected chi connectivity index (χ0v) is 90.8. The number of likely N-dealkylation sites (tertiary alicyclic amines) is 6. The van der Waals surface area contributed by atoms with E-state index in [9.17, 15) is 9.90 Å². The number of carbonyl (C=O) groups is 1. The number of morpholine rings is 4. The minimum atomic E-state index is -0.863. The summed E-state index contributed by atoms with van der Waals surface area (Å²) >= 11 is 30.3. The van der Waals surface area contributed by atoms with Crippen molar-refractivity contribution in [1.29, 1.82) is 0 Å². The van der Waals surface area contributed by atoms with E-state index in [0.29, 0.717) is 149 Å². The van der Waals surface area contributed by atoms with Crippen molar-refractivity contribution in [1.82, 2.24) is 49.0 Å². The summed E-state index contributed by atoms with van der Waals surface area (Å²) in [6.07, 6.45) is 23.4. The van der Waals surface area contributed by atoms with Gasteiger partial charge in [-0.2, -0.15) is 0 Å². The molecule has 33 nitrogen and oxygen atoms in total. The van der Waals surface area contributed by atoms with Gasteiger partial charge in [0.15, 0.2) is 5.78 Å². The molecule has 15 aliphatic heterocycles. The Kier molecular flexibility index (Phi) is 40.1. The Morgan fingerprint density at radius 2 is 0.633 bits per heavy atom. The third kappa shape index (κ3) is 31.2. The SMILES string of the molecule is CC(C)(O)[C@H]1CN(C2CCN(C3=NN=C(N)C3)CC2)[C@@H](Cc2ccc(Cl)cc2)CO1.CCC(=O)[C@H]1CN(C2CCN(C3=NN=C(N)C3)CC2)[C@@H](Cc2ccc(Cl)cc2)CO1.CCOC[C@H]1CN(C2CCN(C3=NN=C(N)C3)CC2)[C@@H](Cc2ccc(Cl)cc2)CO1.COC(C)(C)[C@H]1CN(C2CCN(C3=NN=C(N)C3)CC2)[C@@H](Cc2ccc(Cl)cc2)CO1.NC1=NN=C(N2CCC(N3CCCC[C@@H]3Cc3ccc(Cl)cc3)CC2)C1. The van der Waals surface area contributed by atoms with E-state index < -0.39 is 5.60 Å². The molecule has 10 fully saturated rings. The molecule has 10 saturated heterocycles. The number of benzene rings is 5. The maximum atomic E-state index is 12.3. The third-order valence-electron chi connectivity index (χ3n) is 32.0. The number of nitrogens with two attached hydrogens (primary N) is 5. The highest BCUT2D eigenvalue weighted by Gasteiger charge is 2.46. The molecule has 147 heavy (non-hydrogen) atoms. The molecular formula is C109H156Cl5N25O8. The van der Waals surface area contributed by atoms with E-state index in [1.165, 1.54) is 66.5 Å². The maximum absolute atomic E-state index is 12.3. The van der Waals surface area contributed by atoms with Gasteiger partial charge in [0, 0.05) is 197 Å². The van der Waals surface area contributed by atoms with Crippen molar-refractivity contribution < 1.29 is 38.3 Å². The first-order valence-corrected chi connectivity index (χ1v) is 55.4. The molecule has 0 aliphatic carbocycles. The Labute approximate surface area is 894 Å². The highest BCUT2D eigenvalue weighted by molar-refractivity contribution is 6.31. The number of rotatable bonds is 23. The Hall–Kier alpha value is -8.56. The summed E-state index contributed by atoms with van der Waals surface area (Å²) in [7, 11) is 1.77. The molecule has 15 aliphatic rings. The van der Waals surface area contributed by atoms with Gasteiger partial charge in [0.2, 0.25) is 0 Å². The molecule has 20 rings (SSSR count). The quantitative estimate of drug-likeness (QED) is 0.0354. The molecule has 15 heterocycles. The van der Waals surface area contributed by atoms with Crippen LogP contribution in [-0.2, 0) is 65.3 Å². The molecule has 9 atom stereocenters. The van der Waals surface area contributed by atoms with Crippen molar-refractivity contribution in [2.24, 2.45) is 79.7 Å². The first-order chi connectivity index (χ1) is 71.0. The molecule has 0 aromatic heterocycles. The summed E-state index contributed by atoms with van der Waals surface area (Å²) in [4.78, 5) is 37.2. The number of amidine groups is 10. The fraction of sp³-hybridized carbons (Fsp3) is 0.624. The van der Waals surface area contributed by atoms with Crippen LogP contribution in [0.4, 0.5) is 0 Å². The largest absolute Gasteiger partial charge is 0.388 e. The normalized spacial score (nSPS) is 26.0. The van der Waals surface area contributed by atoms with Crippen LogP contribution in [0, 0.1) is 0 Å². The predicted octanol–water partition coefficient (Wildman–Crippen LogP) is 13.5.